The summed E-state index contributed by atoms with van der Waals surface area (Å²) in [4.78, 5) is 10.8. The van der Waals surface area contributed by atoms with E-state index < -0.39 is 5.97 Å². The van der Waals surface area contributed by atoms with E-state index in [-0.39, 0.29) is 5.92 Å². The predicted molar refractivity (Wildman–Crippen MR) is 45.7 cm³/mol. The van der Waals surface area contributed by atoms with Gasteiger partial charge in [0.15, 0.2) is 0 Å². The molecule has 2 nitrogen and oxygen atoms in total. The molecule has 2 atom stereocenters. The Morgan fingerprint density at radius 3 is 2.17 bits per heavy atom. The molecular formula is C10H16O2. The summed E-state index contributed by atoms with van der Waals surface area (Å²) in [6.07, 6.45) is 4.42. The molecule has 0 radical (unpaired) electrons. The summed E-state index contributed by atoms with van der Waals surface area (Å²) in [7, 11) is 0. The van der Waals surface area contributed by atoms with Gasteiger partial charge in [0.25, 0.3) is 0 Å². The zero-order chi connectivity index (χ0) is 8.72. The average Bonchev–Trinajstić information content (AvgIpc) is 2.30. The Morgan fingerprint density at radius 1 is 1.25 bits per heavy atom. The first kappa shape index (κ1) is 8.09. The fourth-order valence-corrected chi connectivity index (χ4v) is 3.03. The van der Waals surface area contributed by atoms with Crippen LogP contribution in [0.1, 0.15) is 32.6 Å². The van der Waals surface area contributed by atoms with Crippen LogP contribution in [0.3, 0.4) is 0 Å². The number of carbonyl (C=O) groups is 1. The zero-order valence-corrected chi connectivity index (χ0v) is 7.49. The molecule has 2 rings (SSSR count). The van der Waals surface area contributed by atoms with Gasteiger partial charge in [-0.05, 0) is 43.4 Å². The van der Waals surface area contributed by atoms with Crippen molar-refractivity contribution in [3.8, 4) is 0 Å². The SMILES string of the molecule is CC1C2CCC1CC(C(=O)O)C2. The summed E-state index contributed by atoms with van der Waals surface area (Å²) in [5.41, 5.74) is 0. The van der Waals surface area contributed by atoms with Crippen molar-refractivity contribution in [3.05, 3.63) is 0 Å². The molecule has 0 aromatic rings. The first-order valence-electron chi connectivity index (χ1n) is 4.91. The van der Waals surface area contributed by atoms with Crippen LogP contribution in [0.5, 0.6) is 0 Å². The van der Waals surface area contributed by atoms with Gasteiger partial charge in [-0.2, -0.15) is 0 Å². The first-order valence-corrected chi connectivity index (χ1v) is 4.91. The maximum atomic E-state index is 10.8. The van der Waals surface area contributed by atoms with Crippen LogP contribution in [0, 0.1) is 23.7 Å². The van der Waals surface area contributed by atoms with Crippen molar-refractivity contribution in [1.82, 2.24) is 0 Å². The molecule has 2 bridgehead atoms. The molecule has 0 spiro atoms. The second kappa shape index (κ2) is 2.75. The van der Waals surface area contributed by atoms with E-state index in [0.717, 1.165) is 18.8 Å². The van der Waals surface area contributed by atoms with Crippen molar-refractivity contribution in [1.29, 1.82) is 0 Å². The summed E-state index contributed by atoms with van der Waals surface area (Å²) in [6.45, 7) is 2.29. The van der Waals surface area contributed by atoms with Gasteiger partial charge in [-0.15, -0.1) is 0 Å². The van der Waals surface area contributed by atoms with Crippen LogP contribution in [-0.4, -0.2) is 11.1 Å². The Hall–Kier alpha value is -0.530. The lowest BCUT2D eigenvalue weighted by Crippen LogP contribution is -2.28. The van der Waals surface area contributed by atoms with Gasteiger partial charge >= 0.3 is 5.97 Å². The number of aliphatic carboxylic acids is 1. The van der Waals surface area contributed by atoms with Gasteiger partial charge in [0.05, 0.1) is 5.92 Å². The van der Waals surface area contributed by atoms with Crippen molar-refractivity contribution in [2.24, 2.45) is 23.7 Å². The Labute approximate surface area is 73.0 Å². The number of carboxylic acid groups (broad SMARTS) is 1. The van der Waals surface area contributed by atoms with Crippen molar-refractivity contribution >= 4 is 5.97 Å². The lowest BCUT2D eigenvalue weighted by atomic mass is 9.74. The summed E-state index contributed by atoms with van der Waals surface area (Å²) in [5, 5.41) is 8.89. The maximum Gasteiger partial charge on any atom is 0.306 e. The number of carboxylic acids is 1. The highest BCUT2D eigenvalue weighted by atomic mass is 16.4. The average molecular weight is 168 g/mol. The van der Waals surface area contributed by atoms with Gasteiger partial charge < -0.3 is 5.11 Å². The molecule has 0 heterocycles. The molecule has 68 valence electrons. The van der Waals surface area contributed by atoms with Crippen LogP contribution in [-0.2, 0) is 4.79 Å². The summed E-state index contributed by atoms with van der Waals surface area (Å²) in [5.74, 6) is 1.62. The molecule has 2 aliphatic rings. The Bertz CT molecular complexity index is 186. The van der Waals surface area contributed by atoms with E-state index in [1.165, 1.54) is 12.8 Å². The van der Waals surface area contributed by atoms with Crippen molar-refractivity contribution in [3.63, 3.8) is 0 Å². The van der Waals surface area contributed by atoms with Gasteiger partial charge in [0, 0.05) is 0 Å². The van der Waals surface area contributed by atoms with Crippen LogP contribution in [0.25, 0.3) is 0 Å². The first-order chi connectivity index (χ1) is 5.68. The van der Waals surface area contributed by atoms with Crippen LogP contribution >= 0.6 is 0 Å². The molecule has 1 N–H and O–H groups in total. The van der Waals surface area contributed by atoms with Crippen LogP contribution in [0.15, 0.2) is 0 Å². The van der Waals surface area contributed by atoms with Gasteiger partial charge in [-0.25, -0.2) is 0 Å². The van der Waals surface area contributed by atoms with Gasteiger partial charge in [-0.3, -0.25) is 4.79 Å². The van der Waals surface area contributed by atoms with E-state index in [1.54, 1.807) is 0 Å². The molecule has 2 saturated carbocycles. The molecule has 0 saturated heterocycles. The highest BCUT2D eigenvalue weighted by Gasteiger charge is 2.42. The lowest BCUT2D eigenvalue weighted by Gasteiger charge is -2.30. The van der Waals surface area contributed by atoms with Crippen LogP contribution in [0.2, 0.25) is 0 Å². The lowest BCUT2D eigenvalue weighted by molar-refractivity contribution is -0.144. The topological polar surface area (TPSA) is 37.3 Å². The second-order valence-electron chi connectivity index (χ2n) is 4.46. The summed E-state index contributed by atoms with van der Waals surface area (Å²) in [6, 6.07) is 0. The van der Waals surface area contributed by atoms with Gasteiger partial charge in [0.1, 0.15) is 0 Å². The van der Waals surface area contributed by atoms with E-state index in [9.17, 15) is 4.79 Å². The van der Waals surface area contributed by atoms with E-state index in [4.69, 9.17) is 5.11 Å². The molecule has 2 aliphatic carbocycles. The monoisotopic (exact) mass is 168 g/mol. The van der Waals surface area contributed by atoms with Gasteiger partial charge in [-0.1, -0.05) is 6.92 Å². The van der Waals surface area contributed by atoms with Gasteiger partial charge in [0.2, 0.25) is 0 Å². The third-order valence-corrected chi connectivity index (χ3v) is 3.92. The maximum absolute atomic E-state index is 10.8. The van der Waals surface area contributed by atoms with Crippen molar-refractivity contribution in [2.45, 2.75) is 32.6 Å². The minimum absolute atomic E-state index is 0.0290. The fourth-order valence-electron chi connectivity index (χ4n) is 3.03. The molecule has 2 fully saturated rings. The normalized spacial score (nSPS) is 46.1. The van der Waals surface area contributed by atoms with Crippen LogP contribution < -0.4 is 0 Å². The quantitative estimate of drug-likeness (QED) is 0.651. The molecule has 2 unspecified atom stereocenters. The Balaban J connectivity index is 2.07. The Morgan fingerprint density at radius 2 is 1.75 bits per heavy atom. The molecule has 0 aromatic heterocycles. The van der Waals surface area contributed by atoms with Crippen molar-refractivity contribution < 1.29 is 9.90 Å². The fraction of sp³-hybridized carbons (Fsp3) is 0.900. The smallest absolute Gasteiger partial charge is 0.306 e. The number of hydrogen-bond donors (Lipinski definition) is 1. The van der Waals surface area contributed by atoms with Crippen molar-refractivity contribution in [2.75, 3.05) is 0 Å². The zero-order valence-electron chi connectivity index (χ0n) is 7.49. The van der Waals surface area contributed by atoms with E-state index >= 15 is 0 Å². The summed E-state index contributed by atoms with van der Waals surface area (Å²) < 4.78 is 0. The predicted octanol–water partition coefficient (Wildman–Crippen LogP) is 2.14. The molecule has 0 aromatic carbocycles. The van der Waals surface area contributed by atoms with Crippen LogP contribution in [0.4, 0.5) is 0 Å². The Kier molecular flexibility index (Phi) is 1.85. The standard InChI is InChI=1S/C10H16O2/c1-6-7-2-3-8(6)5-9(4-7)10(11)12/h6-9H,2-5H2,1H3,(H,11,12). The minimum Gasteiger partial charge on any atom is -0.481 e. The summed E-state index contributed by atoms with van der Waals surface area (Å²) >= 11 is 0. The third-order valence-electron chi connectivity index (χ3n) is 3.92. The molecular weight excluding hydrogens is 152 g/mol. The number of fused-ring (bicyclic) bond motifs is 2. The molecule has 0 aliphatic heterocycles. The number of rotatable bonds is 1. The molecule has 12 heavy (non-hydrogen) atoms. The minimum atomic E-state index is -0.571. The highest BCUT2D eigenvalue weighted by molar-refractivity contribution is 5.70. The number of hydrogen-bond acceptors (Lipinski definition) is 1. The second-order valence-corrected chi connectivity index (χ2v) is 4.46. The largest absolute Gasteiger partial charge is 0.481 e. The highest BCUT2D eigenvalue weighted by Crippen LogP contribution is 2.48. The molecule has 2 heteroatoms. The van der Waals surface area contributed by atoms with E-state index in [0.29, 0.717) is 11.8 Å². The third kappa shape index (κ3) is 1.13. The molecule has 0 amide bonds. The van der Waals surface area contributed by atoms with E-state index in [1.807, 2.05) is 0 Å². The van der Waals surface area contributed by atoms with E-state index in [2.05, 4.69) is 6.92 Å².